The molecule has 0 aliphatic heterocycles. The maximum absolute atomic E-state index is 13.0. The Balaban J connectivity index is 1.61. The van der Waals surface area contributed by atoms with Crippen LogP contribution < -0.4 is 5.32 Å². The molecule has 1 N–H and O–H groups in total. The zero-order valence-electron chi connectivity index (χ0n) is 9.50. The molecule has 3 heteroatoms. The predicted molar refractivity (Wildman–Crippen MR) is 63.7 cm³/mol. The second kappa shape index (κ2) is 4.13. The molecule has 0 heterocycles. The van der Waals surface area contributed by atoms with Crippen LogP contribution >= 0.6 is 0 Å². The molecule has 2 aliphatic carbocycles. The summed E-state index contributed by atoms with van der Waals surface area (Å²) in [5.74, 6) is 0.480. The van der Waals surface area contributed by atoms with Gasteiger partial charge in [-0.3, -0.25) is 0 Å². The zero-order chi connectivity index (χ0) is 11.8. The van der Waals surface area contributed by atoms with Crippen molar-refractivity contribution in [3.05, 3.63) is 42.0 Å². The van der Waals surface area contributed by atoms with E-state index < -0.39 is 11.6 Å². The summed E-state index contributed by atoms with van der Waals surface area (Å²) in [4.78, 5) is 0. The van der Waals surface area contributed by atoms with Crippen LogP contribution in [-0.4, -0.2) is 6.54 Å². The highest BCUT2D eigenvalue weighted by Crippen LogP contribution is 2.43. The van der Waals surface area contributed by atoms with Crippen molar-refractivity contribution in [1.82, 2.24) is 0 Å². The Labute approximate surface area is 99.5 Å². The van der Waals surface area contributed by atoms with Gasteiger partial charge in [0.25, 0.3) is 0 Å². The van der Waals surface area contributed by atoms with Gasteiger partial charge >= 0.3 is 0 Å². The summed E-state index contributed by atoms with van der Waals surface area (Å²) in [6, 6.07) is 3.97. The molecular formula is C14H15F2N. The lowest BCUT2D eigenvalue weighted by Crippen LogP contribution is -2.18. The Morgan fingerprint density at radius 3 is 2.65 bits per heavy atom. The van der Waals surface area contributed by atoms with Gasteiger partial charge in [-0.05, 0) is 48.8 Å². The third-order valence-corrected chi connectivity index (χ3v) is 3.90. The van der Waals surface area contributed by atoms with Crippen molar-refractivity contribution >= 4 is 5.69 Å². The molecule has 0 saturated heterocycles. The quantitative estimate of drug-likeness (QED) is 0.789. The van der Waals surface area contributed by atoms with E-state index in [0.29, 0.717) is 17.5 Å². The van der Waals surface area contributed by atoms with Crippen molar-refractivity contribution < 1.29 is 8.78 Å². The van der Waals surface area contributed by atoms with Crippen LogP contribution in [0, 0.1) is 29.4 Å². The number of nitrogens with one attached hydrogen (secondary N) is 1. The standard InChI is InChI=1S/C14H15F2N/c15-13-4-3-12(7-14(13)16)17-8-11-6-9-1-2-10(11)5-9/h1-4,7,9-11,17H,5-6,8H2. The molecule has 1 aromatic carbocycles. The Morgan fingerprint density at radius 1 is 1.12 bits per heavy atom. The molecule has 0 radical (unpaired) electrons. The monoisotopic (exact) mass is 235 g/mol. The van der Waals surface area contributed by atoms with E-state index in [4.69, 9.17) is 0 Å². The molecule has 3 rings (SSSR count). The molecule has 3 unspecified atom stereocenters. The summed E-state index contributed by atoms with van der Waals surface area (Å²) >= 11 is 0. The number of anilines is 1. The lowest BCUT2D eigenvalue weighted by Gasteiger charge is -2.19. The van der Waals surface area contributed by atoms with E-state index in [9.17, 15) is 8.78 Å². The highest BCUT2D eigenvalue weighted by molar-refractivity contribution is 5.43. The van der Waals surface area contributed by atoms with E-state index in [0.717, 1.165) is 12.5 Å². The first-order valence-corrected chi connectivity index (χ1v) is 6.09. The molecular weight excluding hydrogens is 220 g/mol. The Morgan fingerprint density at radius 2 is 2.00 bits per heavy atom. The largest absolute Gasteiger partial charge is 0.385 e. The van der Waals surface area contributed by atoms with Crippen molar-refractivity contribution in [3.63, 3.8) is 0 Å². The van der Waals surface area contributed by atoms with E-state index in [1.54, 1.807) is 6.07 Å². The van der Waals surface area contributed by atoms with Crippen molar-refractivity contribution in [1.29, 1.82) is 0 Å². The third kappa shape index (κ3) is 2.06. The predicted octanol–water partition coefficient (Wildman–Crippen LogP) is 3.59. The molecule has 0 aromatic heterocycles. The minimum Gasteiger partial charge on any atom is -0.385 e. The van der Waals surface area contributed by atoms with Gasteiger partial charge in [-0.25, -0.2) is 8.78 Å². The maximum Gasteiger partial charge on any atom is 0.160 e. The summed E-state index contributed by atoms with van der Waals surface area (Å²) in [5.41, 5.74) is 0.663. The Hall–Kier alpha value is -1.38. The van der Waals surface area contributed by atoms with Gasteiger partial charge in [0.1, 0.15) is 0 Å². The number of allylic oxidation sites excluding steroid dienone is 2. The fourth-order valence-electron chi connectivity index (χ4n) is 2.98. The molecule has 90 valence electrons. The summed E-state index contributed by atoms with van der Waals surface area (Å²) in [6.45, 7) is 0.844. The van der Waals surface area contributed by atoms with Crippen molar-refractivity contribution in [2.24, 2.45) is 17.8 Å². The molecule has 2 aliphatic rings. The van der Waals surface area contributed by atoms with Crippen LogP contribution in [-0.2, 0) is 0 Å². The molecule has 2 bridgehead atoms. The average molecular weight is 235 g/mol. The van der Waals surface area contributed by atoms with Crippen molar-refractivity contribution in [3.8, 4) is 0 Å². The normalized spacial score (nSPS) is 29.9. The zero-order valence-corrected chi connectivity index (χ0v) is 9.50. The summed E-state index contributed by atoms with van der Waals surface area (Å²) in [7, 11) is 0. The van der Waals surface area contributed by atoms with E-state index in [-0.39, 0.29) is 0 Å². The second-order valence-corrected chi connectivity index (χ2v) is 5.05. The topological polar surface area (TPSA) is 12.0 Å². The number of hydrogen-bond acceptors (Lipinski definition) is 1. The van der Waals surface area contributed by atoms with Crippen molar-refractivity contribution in [2.75, 3.05) is 11.9 Å². The average Bonchev–Trinajstić information content (AvgIpc) is 2.92. The molecule has 1 fully saturated rings. The fourth-order valence-corrected chi connectivity index (χ4v) is 2.98. The van der Waals surface area contributed by atoms with Gasteiger partial charge in [-0.15, -0.1) is 0 Å². The number of rotatable bonds is 3. The highest BCUT2D eigenvalue weighted by atomic mass is 19.2. The number of halogens is 2. The minimum atomic E-state index is -0.793. The fraction of sp³-hybridized carbons (Fsp3) is 0.429. The van der Waals surface area contributed by atoms with Crippen molar-refractivity contribution in [2.45, 2.75) is 12.8 Å². The van der Waals surface area contributed by atoms with Gasteiger partial charge in [0.2, 0.25) is 0 Å². The van der Waals surface area contributed by atoms with Crippen LogP contribution in [0.4, 0.5) is 14.5 Å². The van der Waals surface area contributed by atoms with Crippen LogP contribution in [0.5, 0.6) is 0 Å². The molecule has 3 atom stereocenters. The smallest absolute Gasteiger partial charge is 0.160 e. The molecule has 17 heavy (non-hydrogen) atoms. The summed E-state index contributed by atoms with van der Waals surface area (Å²) in [6.07, 6.45) is 7.09. The maximum atomic E-state index is 13.0. The van der Waals surface area contributed by atoms with Crippen LogP contribution in [0.15, 0.2) is 30.4 Å². The van der Waals surface area contributed by atoms with Crippen LogP contribution in [0.1, 0.15) is 12.8 Å². The van der Waals surface area contributed by atoms with Gasteiger partial charge in [0.15, 0.2) is 11.6 Å². The molecule has 1 saturated carbocycles. The van der Waals surface area contributed by atoms with E-state index in [2.05, 4.69) is 17.5 Å². The van der Waals surface area contributed by atoms with Gasteiger partial charge in [-0.2, -0.15) is 0 Å². The first-order valence-electron chi connectivity index (χ1n) is 6.09. The Kier molecular flexibility index (Phi) is 2.61. The van der Waals surface area contributed by atoms with Crippen LogP contribution in [0.25, 0.3) is 0 Å². The summed E-state index contributed by atoms with van der Waals surface area (Å²) < 4.78 is 25.8. The van der Waals surface area contributed by atoms with E-state index >= 15 is 0 Å². The van der Waals surface area contributed by atoms with E-state index in [1.165, 1.54) is 25.0 Å². The van der Waals surface area contributed by atoms with Gasteiger partial charge in [-0.1, -0.05) is 12.2 Å². The number of hydrogen-bond donors (Lipinski definition) is 1. The first kappa shape index (κ1) is 10.8. The molecule has 1 nitrogen and oxygen atoms in total. The molecule has 1 aromatic rings. The minimum absolute atomic E-state index is 0.637. The SMILES string of the molecule is Fc1ccc(NCC2CC3C=CC2C3)cc1F. The van der Waals surface area contributed by atoms with Gasteiger partial charge in [0.05, 0.1) is 0 Å². The van der Waals surface area contributed by atoms with Crippen LogP contribution in [0.3, 0.4) is 0 Å². The van der Waals surface area contributed by atoms with Gasteiger partial charge < -0.3 is 5.32 Å². The van der Waals surface area contributed by atoms with E-state index in [1.807, 2.05) is 0 Å². The molecule has 0 amide bonds. The summed E-state index contributed by atoms with van der Waals surface area (Å²) in [5, 5.41) is 3.20. The third-order valence-electron chi connectivity index (χ3n) is 3.90. The second-order valence-electron chi connectivity index (χ2n) is 5.05. The Bertz CT molecular complexity index is 456. The lowest BCUT2D eigenvalue weighted by atomic mass is 9.93. The lowest BCUT2D eigenvalue weighted by molar-refractivity contribution is 0.471. The first-order chi connectivity index (χ1) is 8.22. The molecule has 0 spiro atoms. The highest BCUT2D eigenvalue weighted by Gasteiger charge is 2.35. The van der Waals surface area contributed by atoms with Crippen LogP contribution in [0.2, 0.25) is 0 Å². The van der Waals surface area contributed by atoms with Gasteiger partial charge in [0, 0.05) is 12.2 Å². The number of fused-ring (bicyclic) bond motifs is 2. The number of benzene rings is 1.